The Hall–Kier alpha value is -2.71. The van der Waals surface area contributed by atoms with E-state index in [0.29, 0.717) is 39.1 Å². The van der Waals surface area contributed by atoms with Gasteiger partial charge in [0, 0.05) is 17.6 Å². The third kappa shape index (κ3) is 5.28. The zero-order chi connectivity index (χ0) is 23.4. The molecule has 1 heterocycles. The fourth-order valence-electron chi connectivity index (χ4n) is 4.11. The maximum atomic E-state index is 13.3. The molecule has 0 unspecified atom stereocenters. The summed E-state index contributed by atoms with van der Waals surface area (Å²) in [5.74, 6) is 1.25. The van der Waals surface area contributed by atoms with Gasteiger partial charge in [0.1, 0.15) is 0 Å². The van der Waals surface area contributed by atoms with E-state index in [1.165, 1.54) is 11.8 Å². The van der Waals surface area contributed by atoms with Gasteiger partial charge in [0.2, 0.25) is 5.91 Å². The van der Waals surface area contributed by atoms with Crippen molar-refractivity contribution in [1.29, 1.82) is 0 Å². The number of carbonyl (C=O) groups excluding carboxylic acids is 1. The molecular formula is C24H26ClN3O4S. The van der Waals surface area contributed by atoms with Gasteiger partial charge in [0.15, 0.2) is 16.7 Å². The Morgan fingerprint density at radius 3 is 2.64 bits per heavy atom. The van der Waals surface area contributed by atoms with E-state index in [4.69, 9.17) is 26.1 Å². The van der Waals surface area contributed by atoms with Gasteiger partial charge in [-0.05, 0) is 48.7 Å². The molecule has 1 fully saturated rings. The molecular weight excluding hydrogens is 462 g/mol. The van der Waals surface area contributed by atoms with Crippen molar-refractivity contribution < 1.29 is 14.3 Å². The van der Waals surface area contributed by atoms with E-state index in [1.807, 2.05) is 12.1 Å². The minimum atomic E-state index is -0.145. The molecule has 0 bridgehead atoms. The predicted molar refractivity (Wildman–Crippen MR) is 131 cm³/mol. The van der Waals surface area contributed by atoms with Crippen LogP contribution in [0.1, 0.15) is 37.3 Å². The molecule has 1 amide bonds. The highest BCUT2D eigenvalue weighted by molar-refractivity contribution is 7.99. The van der Waals surface area contributed by atoms with E-state index in [-0.39, 0.29) is 23.3 Å². The van der Waals surface area contributed by atoms with Gasteiger partial charge in [-0.2, -0.15) is 0 Å². The molecule has 4 rings (SSSR count). The molecule has 9 heteroatoms. The third-order valence-corrected chi connectivity index (χ3v) is 6.98. The number of rotatable bonds is 8. The highest BCUT2D eigenvalue weighted by atomic mass is 35.5. The quantitative estimate of drug-likeness (QED) is 0.369. The number of benzene rings is 2. The molecule has 3 aromatic rings. The topological polar surface area (TPSA) is 82.5 Å². The summed E-state index contributed by atoms with van der Waals surface area (Å²) in [6.07, 6.45) is 4.07. The van der Waals surface area contributed by atoms with Crippen LogP contribution in [0.3, 0.4) is 0 Å². The zero-order valence-corrected chi connectivity index (χ0v) is 20.2. The first kappa shape index (κ1) is 23.4. The van der Waals surface area contributed by atoms with Crippen molar-refractivity contribution in [2.75, 3.05) is 20.0 Å². The Morgan fingerprint density at radius 2 is 1.91 bits per heavy atom. The van der Waals surface area contributed by atoms with Crippen LogP contribution in [-0.4, -0.2) is 35.4 Å². The van der Waals surface area contributed by atoms with Gasteiger partial charge < -0.3 is 14.8 Å². The Bertz CT molecular complexity index is 1220. The Morgan fingerprint density at radius 1 is 1.15 bits per heavy atom. The summed E-state index contributed by atoms with van der Waals surface area (Å²) in [5.41, 5.74) is 1.37. The zero-order valence-electron chi connectivity index (χ0n) is 18.6. The number of hydrogen-bond donors (Lipinski definition) is 1. The van der Waals surface area contributed by atoms with E-state index < -0.39 is 0 Å². The molecule has 0 atom stereocenters. The smallest absolute Gasteiger partial charge is 0.262 e. The molecule has 0 saturated heterocycles. The number of carbonyl (C=O) groups is 1. The van der Waals surface area contributed by atoms with Gasteiger partial charge in [0.05, 0.1) is 30.9 Å². The first-order chi connectivity index (χ1) is 16.0. The largest absolute Gasteiger partial charge is 0.493 e. The number of aromatic nitrogens is 2. The SMILES string of the molecule is COc1ccc(CNC(=O)CSc2nc3cc(Cl)ccc3c(=O)n2C2CCCC2)cc1OC. The van der Waals surface area contributed by atoms with Crippen LogP contribution in [0, 0.1) is 0 Å². The van der Waals surface area contributed by atoms with Crippen LogP contribution in [-0.2, 0) is 11.3 Å². The predicted octanol–water partition coefficient (Wildman–Crippen LogP) is 4.59. The molecule has 2 aromatic carbocycles. The van der Waals surface area contributed by atoms with Crippen molar-refractivity contribution in [3.8, 4) is 11.5 Å². The first-order valence-electron chi connectivity index (χ1n) is 10.8. The van der Waals surface area contributed by atoms with Crippen LogP contribution in [0.5, 0.6) is 11.5 Å². The van der Waals surface area contributed by atoms with Crippen LogP contribution in [0.2, 0.25) is 5.02 Å². The van der Waals surface area contributed by atoms with E-state index in [0.717, 1.165) is 31.2 Å². The van der Waals surface area contributed by atoms with E-state index >= 15 is 0 Å². The molecule has 1 N–H and O–H groups in total. The number of fused-ring (bicyclic) bond motifs is 1. The van der Waals surface area contributed by atoms with Gasteiger partial charge in [0.25, 0.3) is 5.56 Å². The van der Waals surface area contributed by atoms with Gasteiger partial charge in [-0.15, -0.1) is 0 Å². The Balaban J connectivity index is 1.49. The van der Waals surface area contributed by atoms with Crippen molar-refractivity contribution in [2.24, 2.45) is 0 Å². The van der Waals surface area contributed by atoms with Crippen LogP contribution < -0.4 is 20.3 Å². The number of hydrogen-bond acceptors (Lipinski definition) is 6. The fraction of sp³-hybridized carbons (Fsp3) is 0.375. The Kier molecular flexibility index (Phi) is 7.45. The molecule has 0 spiro atoms. The Labute approximate surface area is 201 Å². The van der Waals surface area contributed by atoms with Crippen LogP contribution in [0.15, 0.2) is 46.3 Å². The summed E-state index contributed by atoms with van der Waals surface area (Å²) in [5, 5.41) is 4.55. The maximum Gasteiger partial charge on any atom is 0.262 e. The number of thioether (sulfide) groups is 1. The normalized spacial score (nSPS) is 13.9. The lowest BCUT2D eigenvalue weighted by molar-refractivity contribution is -0.118. The van der Waals surface area contributed by atoms with E-state index in [2.05, 4.69) is 5.32 Å². The van der Waals surface area contributed by atoms with Crippen LogP contribution in [0.25, 0.3) is 10.9 Å². The average molecular weight is 488 g/mol. The highest BCUT2D eigenvalue weighted by Crippen LogP contribution is 2.32. The van der Waals surface area contributed by atoms with Crippen molar-refractivity contribution in [3.05, 3.63) is 57.3 Å². The van der Waals surface area contributed by atoms with E-state index in [9.17, 15) is 9.59 Å². The third-order valence-electron chi connectivity index (χ3n) is 5.79. The standard InChI is InChI=1S/C24H26ClN3O4S/c1-31-20-10-7-15(11-21(20)32-2)13-26-22(29)14-33-24-27-19-12-16(25)8-9-18(19)23(30)28(24)17-5-3-4-6-17/h7-12,17H,3-6,13-14H2,1-2H3,(H,26,29). The van der Waals surface area contributed by atoms with E-state index in [1.54, 1.807) is 43.1 Å². The lowest BCUT2D eigenvalue weighted by Crippen LogP contribution is -2.28. The molecule has 174 valence electrons. The molecule has 0 aliphatic heterocycles. The van der Waals surface area contributed by atoms with Crippen molar-refractivity contribution in [2.45, 2.75) is 43.4 Å². The molecule has 7 nitrogen and oxygen atoms in total. The lowest BCUT2D eigenvalue weighted by atomic mass is 10.2. The van der Waals surface area contributed by atoms with Crippen LogP contribution in [0.4, 0.5) is 0 Å². The summed E-state index contributed by atoms with van der Waals surface area (Å²) in [6, 6.07) is 10.8. The van der Waals surface area contributed by atoms with Crippen molar-refractivity contribution in [1.82, 2.24) is 14.9 Å². The number of ether oxygens (including phenoxy) is 2. The average Bonchev–Trinajstić information content (AvgIpc) is 3.35. The highest BCUT2D eigenvalue weighted by Gasteiger charge is 2.23. The number of nitrogens with zero attached hydrogens (tertiary/aromatic N) is 2. The molecule has 1 aliphatic rings. The second-order valence-electron chi connectivity index (χ2n) is 7.92. The number of halogens is 1. The summed E-state index contributed by atoms with van der Waals surface area (Å²) < 4.78 is 12.3. The van der Waals surface area contributed by atoms with Gasteiger partial charge in [-0.3, -0.25) is 14.2 Å². The minimum absolute atomic E-state index is 0.0724. The summed E-state index contributed by atoms with van der Waals surface area (Å²) in [4.78, 5) is 30.5. The minimum Gasteiger partial charge on any atom is -0.493 e. The summed E-state index contributed by atoms with van der Waals surface area (Å²) in [6.45, 7) is 0.357. The second-order valence-corrected chi connectivity index (χ2v) is 9.30. The maximum absolute atomic E-state index is 13.3. The summed E-state index contributed by atoms with van der Waals surface area (Å²) >= 11 is 7.40. The molecule has 0 radical (unpaired) electrons. The van der Waals surface area contributed by atoms with Crippen LogP contribution >= 0.6 is 23.4 Å². The second kappa shape index (κ2) is 10.5. The number of nitrogens with one attached hydrogen (secondary N) is 1. The fourth-order valence-corrected chi connectivity index (χ4v) is 5.17. The van der Waals surface area contributed by atoms with Crippen molar-refractivity contribution in [3.63, 3.8) is 0 Å². The molecule has 1 aliphatic carbocycles. The number of methoxy groups -OCH3 is 2. The van der Waals surface area contributed by atoms with Crippen molar-refractivity contribution >= 4 is 40.2 Å². The van der Waals surface area contributed by atoms with Gasteiger partial charge in [-0.1, -0.05) is 42.3 Å². The van der Waals surface area contributed by atoms with Gasteiger partial charge >= 0.3 is 0 Å². The molecule has 33 heavy (non-hydrogen) atoms. The molecule has 1 aromatic heterocycles. The monoisotopic (exact) mass is 487 g/mol. The first-order valence-corrected chi connectivity index (χ1v) is 12.2. The summed E-state index contributed by atoms with van der Waals surface area (Å²) in [7, 11) is 3.15. The number of amides is 1. The van der Waals surface area contributed by atoms with Gasteiger partial charge in [-0.25, -0.2) is 4.98 Å². The lowest BCUT2D eigenvalue weighted by Gasteiger charge is -2.18. The molecule has 1 saturated carbocycles.